The summed E-state index contributed by atoms with van der Waals surface area (Å²) in [6, 6.07) is 13.6. The third kappa shape index (κ3) is 3.59. The van der Waals surface area contributed by atoms with E-state index in [2.05, 4.69) is 42.5 Å². The lowest BCUT2D eigenvalue weighted by Crippen LogP contribution is -2.63. The molecule has 1 aromatic heterocycles. The summed E-state index contributed by atoms with van der Waals surface area (Å²) in [4.78, 5) is 24.2. The number of anilines is 2. The molecule has 1 atom stereocenters. The number of nitrogens with one attached hydrogen (secondary N) is 2. The highest BCUT2D eigenvalue weighted by Crippen LogP contribution is 2.37. The zero-order chi connectivity index (χ0) is 19.8. The number of carbonyl (C=O) groups is 1. The third-order valence-corrected chi connectivity index (χ3v) is 5.12. The van der Waals surface area contributed by atoms with Gasteiger partial charge in [0.2, 0.25) is 0 Å². The normalized spacial score (nSPS) is 23.1. The molecule has 3 heterocycles. The Labute approximate surface area is 166 Å². The average molecular weight is 377 g/mol. The average Bonchev–Trinajstić information content (AvgIpc) is 2.68. The maximum Gasteiger partial charge on any atom is 0.272 e. The highest BCUT2D eigenvalue weighted by atomic mass is 16.2. The number of piperidine rings is 1. The fraction of sp³-hybridized carbons (Fsp3) is 0.409. The van der Waals surface area contributed by atoms with Crippen LogP contribution in [-0.2, 0) is 0 Å². The van der Waals surface area contributed by atoms with Crippen molar-refractivity contribution in [3.05, 3.63) is 54.4 Å². The van der Waals surface area contributed by atoms with Gasteiger partial charge < -0.3 is 15.5 Å². The van der Waals surface area contributed by atoms with Gasteiger partial charge in [0.15, 0.2) is 0 Å². The van der Waals surface area contributed by atoms with Gasteiger partial charge in [0.1, 0.15) is 17.1 Å². The van der Waals surface area contributed by atoms with E-state index in [0.717, 1.165) is 36.6 Å². The Morgan fingerprint density at radius 3 is 2.61 bits per heavy atom. The third-order valence-electron chi connectivity index (χ3n) is 5.12. The molecule has 28 heavy (non-hydrogen) atoms. The number of aromatic nitrogens is 1. The number of amides is 1. The Kier molecular flexibility index (Phi) is 4.57. The molecule has 1 fully saturated rings. The number of para-hydroxylation sites is 2. The molecule has 4 rings (SSSR count). The molecule has 0 unspecified atom stereocenters. The van der Waals surface area contributed by atoms with Gasteiger partial charge in [-0.25, -0.2) is 0 Å². The molecule has 1 aromatic carbocycles. The van der Waals surface area contributed by atoms with Gasteiger partial charge in [0.05, 0.1) is 23.5 Å². The predicted octanol–water partition coefficient (Wildman–Crippen LogP) is 3.79. The number of rotatable bonds is 1. The summed E-state index contributed by atoms with van der Waals surface area (Å²) in [7, 11) is 0. The van der Waals surface area contributed by atoms with E-state index < -0.39 is 5.54 Å². The van der Waals surface area contributed by atoms with E-state index in [4.69, 9.17) is 4.99 Å². The minimum absolute atomic E-state index is 0.0320. The van der Waals surface area contributed by atoms with Gasteiger partial charge in [0.25, 0.3) is 5.91 Å². The molecule has 1 amide bonds. The summed E-state index contributed by atoms with van der Waals surface area (Å²) >= 11 is 0. The Hall–Kier alpha value is -2.89. The van der Waals surface area contributed by atoms with Crippen molar-refractivity contribution in [1.82, 2.24) is 9.88 Å². The summed E-state index contributed by atoms with van der Waals surface area (Å²) in [5.41, 5.74) is 1.89. The molecule has 2 N–H and O–H groups in total. The van der Waals surface area contributed by atoms with Crippen LogP contribution in [0.25, 0.3) is 0 Å². The van der Waals surface area contributed by atoms with E-state index in [1.807, 2.05) is 35.2 Å². The monoisotopic (exact) mass is 377 g/mol. The van der Waals surface area contributed by atoms with Gasteiger partial charge in [0, 0.05) is 12.7 Å². The second-order valence-corrected chi connectivity index (χ2v) is 8.55. The van der Waals surface area contributed by atoms with Crippen molar-refractivity contribution in [3.8, 4) is 0 Å². The molecule has 0 bridgehead atoms. The molecule has 0 saturated carbocycles. The maximum absolute atomic E-state index is 13.0. The second kappa shape index (κ2) is 6.93. The van der Waals surface area contributed by atoms with E-state index in [9.17, 15) is 4.79 Å². The number of pyridine rings is 1. The minimum atomic E-state index is -0.426. The van der Waals surface area contributed by atoms with Crippen molar-refractivity contribution < 1.29 is 4.79 Å². The van der Waals surface area contributed by atoms with E-state index >= 15 is 0 Å². The van der Waals surface area contributed by atoms with Crippen LogP contribution >= 0.6 is 0 Å². The highest BCUT2D eigenvalue weighted by Gasteiger charge is 2.45. The number of carbonyl (C=O) groups excluding carboxylic acids is 1. The zero-order valence-electron chi connectivity index (χ0n) is 16.7. The number of aliphatic imine (C=N–C) groups is 1. The molecule has 0 radical (unpaired) electrons. The van der Waals surface area contributed by atoms with E-state index in [-0.39, 0.29) is 11.4 Å². The van der Waals surface area contributed by atoms with Gasteiger partial charge in [-0.2, -0.15) is 0 Å². The van der Waals surface area contributed by atoms with Crippen LogP contribution in [0.5, 0.6) is 0 Å². The maximum atomic E-state index is 13.0. The zero-order valence-corrected chi connectivity index (χ0v) is 16.7. The van der Waals surface area contributed by atoms with Crippen LogP contribution in [0, 0.1) is 0 Å². The molecule has 6 heteroatoms. The lowest BCUT2D eigenvalue weighted by atomic mass is 9.84. The molecule has 146 valence electrons. The topological polar surface area (TPSA) is 69.6 Å². The molecule has 1 spiro atoms. The fourth-order valence-electron chi connectivity index (χ4n) is 3.91. The lowest BCUT2D eigenvalue weighted by Gasteiger charge is -2.47. The minimum Gasteiger partial charge on any atom is -0.370 e. The number of fused-ring (bicyclic) bond motifs is 1. The molecule has 2 aliphatic heterocycles. The number of nitrogens with zero attached hydrogens (tertiary/aromatic N) is 3. The van der Waals surface area contributed by atoms with Crippen molar-refractivity contribution in [2.24, 2.45) is 4.99 Å². The Morgan fingerprint density at radius 2 is 1.89 bits per heavy atom. The molecular weight excluding hydrogens is 350 g/mol. The first kappa shape index (κ1) is 18.5. The smallest absolute Gasteiger partial charge is 0.272 e. The first-order valence-corrected chi connectivity index (χ1v) is 9.81. The Bertz CT molecular complexity index is 903. The van der Waals surface area contributed by atoms with E-state index in [1.165, 1.54) is 0 Å². The lowest BCUT2D eigenvalue weighted by molar-refractivity contribution is 0.0688. The molecule has 2 aliphatic rings. The summed E-state index contributed by atoms with van der Waals surface area (Å²) in [5, 5.41) is 7.26. The Morgan fingerprint density at radius 1 is 1.14 bits per heavy atom. The highest BCUT2D eigenvalue weighted by molar-refractivity contribution is 6.10. The number of hydrogen-bond donors (Lipinski definition) is 2. The van der Waals surface area contributed by atoms with Crippen LogP contribution in [0.4, 0.5) is 11.4 Å². The van der Waals surface area contributed by atoms with Crippen LogP contribution in [0.1, 0.15) is 44.1 Å². The molecular formula is C22H27N5O. The largest absolute Gasteiger partial charge is 0.370 e. The van der Waals surface area contributed by atoms with Crippen LogP contribution in [0.3, 0.4) is 0 Å². The SMILES string of the molecule is CC(C)(C)N=C1Nc2ccccc2N[C@]12CCCN(C(=O)c1ccccn1)C2. The van der Waals surface area contributed by atoms with Gasteiger partial charge >= 0.3 is 0 Å². The Balaban J connectivity index is 1.70. The van der Waals surface area contributed by atoms with Crippen LogP contribution in [0.2, 0.25) is 0 Å². The number of amidine groups is 1. The number of hydrogen-bond acceptors (Lipinski definition) is 4. The number of benzene rings is 1. The van der Waals surface area contributed by atoms with Gasteiger partial charge in [-0.1, -0.05) is 18.2 Å². The predicted molar refractivity (Wildman–Crippen MR) is 113 cm³/mol. The van der Waals surface area contributed by atoms with Crippen molar-refractivity contribution in [3.63, 3.8) is 0 Å². The first-order valence-electron chi connectivity index (χ1n) is 9.81. The molecule has 1 saturated heterocycles. The van der Waals surface area contributed by atoms with Crippen molar-refractivity contribution in [2.75, 3.05) is 23.7 Å². The molecule has 0 aliphatic carbocycles. The molecule has 6 nitrogen and oxygen atoms in total. The van der Waals surface area contributed by atoms with Gasteiger partial charge in [-0.15, -0.1) is 0 Å². The van der Waals surface area contributed by atoms with Crippen molar-refractivity contribution in [1.29, 1.82) is 0 Å². The van der Waals surface area contributed by atoms with Crippen molar-refractivity contribution in [2.45, 2.75) is 44.7 Å². The summed E-state index contributed by atoms with van der Waals surface area (Å²) in [6.07, 6.45) is 3.48. The van der Waals surface area contributed by atoms with Crippen LogP contribution in [-0.4, -0.2) is 45.8 Å². The summed E-state index contributed by atoms with van der Waals surface area (Å²) in [6.45, 7) is 7.56. The quantitative estimate of drug-likeness (QED) is 0.793. The van der Waals surface area contributed by atoms with E-state index in [0.29, 0.717) is 12.2 Å². The molecule has 2 aromatic rings. The second-order valence-electron chi connectivity index (χ2n) is 8.55. The van der Waals surface area contributed by atoms with Gasteiger partial charge in [-0.3, -0.25) is 14.8 Å². The fourth-order valence-corrected chi connectivity index (χ4v) is 3.91. The van der Waals surface area contributed by atoms with Crippen LogP contribution in [0.15, 0.2) is 53.7 Å². The number of likely N-dealkylation sites (tertiary alicyclic amines) is 1. The summed E-state index contributed by atoms with van der Waals surface area (Å²) < 4.78 is 0. The van der Waals surface area contributed by atoms with Gasteiger partial charge in [-0.05, 0) is 57.9 Å². The first-order chi connectivity index (χ1) is 13.4. The van der Waals surface area contributed by atoms with E-state index in [1.54, 1.807) is 12.3 Å². The van der Waals surface area contributed by atoms with Crippen LogP contribution < -0.4 is 10.6 Å². The standard InChI is InChI=1S/C22H27N5O/c1-21(2,3)26-20-22(25-17-10-5-4-9-16(17)24-20)12-8-14-27(15-22)19(28)18-11-6-7-13-23-18/h4-7,9-11,13,25H,8,12,14-15H2,1-3H3,(H,24,26)/t22-/m0/s1. The summed E-state index contributed by atoms with van der Waals surface area (Å²) in [5.74, 6) is 0.868. The van der Waals surface area contributed by atoms with Crippen molar-refractivity contribution >= 4 is 23.1 Å².